The van der Waals surface area contributed by atoms with Crippen molar-refractivity contribution in [3.05, 3.63) is 18.7 Å². The molecule has 1 aliphatic heterocycles. The lowest BCUT2D eigenvalue weighted by Gasteiger charge is -2.09. The number of aromatic nitrogens is 2. The van der Waals surface area contributed by atoms with Crippen molar-refractivity contribution in [2.75, 3.05) is 6.54 Å². The van der Waals surface area contributed by atoms with Crippen LogP contribution in [0.5, 0.6) is 0 Å². The highest BCUT2D eigenvalue weighted by molar-refractivity contribution is 6.36. The molecule has 2 rings (SSSR count). The fourth-order valence-corrected chi connectivity index (χ4v) is 1.65. The summed E-state index contributed by atoms with van der Waals surface area (Å²) in [6.07, 6.45) is 5.16. The number of aryl methyl sites for hydroxylation is 1. The molecule has 1 atom stereocenters. The Bertz CT molecular complexity index is 483. The van der Waals surface area contributed by atoms with E-state index in [0.29, 0.717) is 6.54 Å². The molecule has 0 aromatic carbocycles. The Morgan fingerprint density at radius 3 is 3.05 bits per heavy atom. The molecular weight excluding hydrogens is 252 g/mol. The van der Waals surface area contributed by atoms with Crippen LogP contribution >= 0.6 is 0 Å². The average Bonchev–Trinajstić information content (AvgIpc) is 3.05. The SMILES string of the molecule is O=C(O)C1=NOC(C(=O)NCCCn2ccnc2)C1. The number of hydrogen-bond donors (Lipinski definition) is 2. The molecule has 1 aliphatic rings. The summed E-state index contributed by atoms with van der Waals surface area (Å²) in [7, 11) is 0. The van der Waals surface area contributed by atoms with E-state index in [9.17, 15) is 9.59 Å². The number of aliphatic carboxylic acids is 1. The summed E-state index contributed by atoms with van der Waals surface area (Å²) in [6, 6.07) is 0. The van der Waals surface area contributed by atoms with Gasteiger partial charge < -0.3 is 19.8 Å². The van der Waals surface area contributed by atoms with Crippen molar-refractivity contribution in [2.45, 2.75) is 25.5 Å². The van der Waals surface area contributed by atoms with E-state index >= 15 is 0 Å². The van der Waals surface area contributed by atoms with Gasteiger partial charge in [0.05, 0.1) is 6.33 Å². The topological polar surface area (TPSA) is 106 Å². The molecule has 0 spiro atoms. The number of imidazole rings is 1. The van der Waals surface area contributed by atoms with Crippen molar-refractivity contribution in [3.63, 3.8) is 0 Å². The molecule has 102 valence electrons. The van der Waals surface area contributed by atoms with Gasteiger partial charge in [0.2, 0.25) is 6.10 Å². The highest BCUT2D eigenvalue weighted by Gasteiger charge is 2.31. The highest BCUT2D eigenvalue weighted by Crippen LogP contribution is 2.10. The standard InChI is InChI=1S/C11H14N4O4/c16-10(9-6-8(11(17)18)14-19-9)13-2-1-4-15-5-3-12-7-15/h3,5,7,9H,1-2,4,6H2,(H,13,16)(H,17,18). The van der Waals surface area contributed by atoms with Gasteiger partial charge in [-0.3, -0.25) is 4.79 Å². The van der Waals surface area contributed by atoms with Crippen molar-refractivity contribution in [3.8, 4) is 0 Å². The monoisotopic (exact) mass is 266 g/mol. The molecule has 0 radical (unpaired) electrons. The van der Waals surface area contributed by atoms with Crippen molar-refractivity contribution in [1.29, 1.82) is 0 Å². The van der Waals surface area contributed by atoms with E-state index in [1.165, 1.54) is 0 Å². The smallest absolute Gasteiger partial charge is 0.353 e. The molecule has 0 fully saturated rings. The van der Waals surface area contributed by atoms with Crippen LogP contribution in [0.3, 0.4) is 0 Å². The molecule has 1 unspecified atom stereocenters. The van der Waals surface area contributed by atoms with Gasteiger partial charge in [-0.05, 0) is 6.42 Å². The number of hydrogen-bond acceptors (Lipinski definition) is 5. The Labute approximate surface area is 109 Å². The van der Waals surface area contributed by atoms with E-state index < -0.39 is 12.1 Å². The fourth-order valence-electron chi connectivity index (χ4n) is 1.65. The number of carboxylic acids is 1. The van der Waals surface area contributed by atoms with Gasteiger partial charge in [0.15, 0.2) is 5.71 Å². The molecule has 1 aromatic rings. The van der Waals surface area contributed by atoms with Crippen LogP contribution < -0.4 is 5.32 Å². The zero-order valence-corrected chi connectivity index (χ0v) is 10.2. The number of rotatable bonds is 6. The number of oxime groups is 1. The Hall–Kier alpha value is -2.38. The molecular formula is C11H14N4O4. The third kappa shape index (κ3) is 3.54. The molecule has 0 saturated heterocycles. The Morgan fingerprint density at radius 2 is 2.42 bits per heavy atom. The summed E-state index contributed by atoms with van der Waals surface area (Å²) in [5.74, 6) is -1.50. The summed E-state index contributed by atoms with van der Waals surface area (Å²) in [5.41, 5.74) is -0.126. The third-order valence-corrected chi connectivity index (χ3v) is 2.66. The third-order valence-electron chi connectivity index (χ3n) is 2.66. The van der Waals surface area contributed by atoms with Crippen molar-refractivity contribution in [2.24, 2.45) is 5.16 Å². The second-order valence-electron chi connectivity index (χ2n) is 4.09. The molecule has 0 bridgehead atoms. The van der Waals surface area contributed by atoms with E-state index in [1.54, 1.807) is 12.5 Å². The van der Waals surface area contributed by atoms with Gasteiger partial charge in [0.25, 0.3) is 5.91 Å². The maximum absolute atomic E-state index is 11.7. The highest BCUT2D eigenvalue weighted by atomic mass is 16.6. The number of carbonyl (C=O) groups excluding carboxylic acids is 1. The van der Waals surface area contributed by atoms with Gasteiger partial charge >= 0.3 is 5.97 Å². The normalized spacial score (nSPS) is 17.7. The minimum Gasteiger partial charge on any atom is -0.477 e. The fraction of sp³-hybridized carbons (Fsp3) is 0.455. The van der Waals surface area contributed by atoms with Gasteiger partial charge in [0, 0.05) is 31.9 Å². The van der Waals surface area contributed by atoms with Gasteiger partial charge in [-0.2, -0.15) is 0 Å². The summed E-state index contributed by atoms with van der Waals surface area (Å²) < 4.78 is 1.91. The molecule has 2 N–H and O–H groups in total. The number of nitrogens with zero attached hydrogens (tertiary/aromatic N) is 3. The summed E-state index contributed by atoms with van der Waals surface area (Å²) in [4.78, 5) is 30.9. The van der Waals surface area contributed by atoms with E-state index in [-0.39, 0.29) is 18.0 Å². The second kappa shape index (κ2) is 5.98. The summed E-state index contributed by atoms with van der Waals surface area (Å²) in [5, 5.41) is 14.7. The van der Waals surface area contributed by atoms with Crippen molar-refractivity contribution < 1.29 is 19.5 Å². The van der Waals surface area contributed by atoms with Crippen LogP contribution in [0.4, 0.5) is 0 Å². The zero-order chi connectivity index (χ0) is 13.7. The predicted molar refractivity (Wildman–Crippen MR) is 64.4 cm³/mol. The minimum absolute atomic E-state index is 0.00267. The lowest BCUT2D eigenvalue weighted by molar-refractivity contribution is -0.131. The maximum Gasteiger partial charge on any atom is 0.353 e. The van der Waals surface area contributed by atoms with Gasteiger partial charge in [0.1, 0.15) is 0 Å². The quantitative estimate of drug-likeness (QED) is 0.683. The van der Waals surface area contributed by atoms with Crippen LogP contribution in [0.15, 0.2) is 23.9 Å². The van der Waals surface area contributed by atoms with Crippen LogP contribution in [0.25, 0.3) is 0 Å². The summed E-state index contributed by atoms with van der Waals surface area (Å²) in [6.45, 7) is 1.24. The van der Waals surface area contributed by atoms with Crippen LogP contribution in [-0.2, 0) is 21.0 Å². The molecule has 1 amide bonds. The molecule has 2 heterocycles. The molecule has 19 heavy (non-hydrogen) atoms. The van der Waals surface area contributed by atoms with Crippen molar-refractivity contribution >= 4 is 17.6 Å². The van der Waals surface area contributed by atoms with Gasteiger partial charge in [-0.25, -0.2) is 9.78 Å². The van der Waals surface area contributed by atoms with Gasteiger partial charge in [-0.15, -0.1) is 0 Å². The van der Waals surface area contributed by atoms with Crippen LogP contribution in [0.1, 0.15) is 12.8 Å². The average molecular weight is 266 g/mol. The first-order chi connectivity index (χ1) is 9.16. The number of amides is 1. The van der Waals surface area contributed by atoms with Crippen molar-refractivity contribution in [1.82, 2.24) is 14.9 Å². The Morgan fingerprint density at radius 1 is 1.58 bits per heavy atom. The first-order valence-electron chi connectivity index (χ1n) is 5.86. The van der Waals surface area contributed by atoms with Crippen LogP contribution in [0, 0.1) is 0 Å². The molecule has 0 saturated carbocycles. The number of carboxylic acid groups (broad SMARTS) is 1. The Balaban J connectivity index is 1.64. The van der Waals surface area contributed by atoms with Gasteiger partial charge in [-0.1, -0.05) is 5.16 Å². The Kier molecular flexibility index (Phi) is 4.11. The lowest BCUT2D eigenvalue weighted by Crippen LogP contribution is -2.36. The first kappa shape index (κ1) is 13.1. The largest absolute Gasteiger partial charge is 0.477 e. The second-order valence-corrected chi connectivity index (χ2v) is 4.09. The first-order valence-corrected chi connectivity index (χ1v) is 5.86. The molecule has 1 aromatic heterocycles. The minimum atomic E-state index is -1.16. The van der Waals surface area contributed by atoms with E-state index in [4.69, 9.17) is 9.94 Å². The molecule has 8 heteroatoms. The van der Waals surface area contributed by atoms with Crippen LogP contribution in [-0.4, -0.2) is 44.9 Å². The van der Waals surface area contributed by atoms with Crippen LogP contribution in [0.2, 0.25) is 0 Å². The molecule has 8 nitrogen and oxygen atoms in total. The number of carbonyl (C=O) groups is 2. The lowest BCUT2D eigenvalue weighted by atomic mass is 10.1. The summed E-state index contributed by atoms with van der Waals surface area (Å²) >= 11 is 0. The van der Waals surface area contributed by atoms with E-state index in [1.807, 2.05) is 10.8 Å². The number of nitrogens with one attached hydrogen (secondary N) is 1. The van der Waals surface area contributed by atoms with E-state index in [2.05, 4.69) is 15.5 Å². The zero-order valence-electron chi connectivity index (χ0n) is 10.2. The van der Waals surface area contributed by atoms with E-state index in [0.717, 1.165) is 13.0 Å². The maximum atomic E-state index is 11.7. The predicted octanol–water partition coefficient (Wildman–Crippen LogP) is -0.381. The molecule has 0 aliphatic carbocycles.